The molecule has 0 bridgehead atoms. The van der Waals surface area contributed by atoms with E-state index in [1.165, 1.54) is 6.20 Å². The highest BCUT2D eigenvalue weighted by molar-refractivity contribution is 7.92. The number of H-pyrrole nitrogens is 1. The number of carbonyl (C=O) groups is 1. The van der Waals surface area contributed by atoms with Crippen molar-refractivity contribution in [3.8, 4) is 22.6 Å². The lowest BCUT2D eigenvalue weighted by atomic mass is 9.99. The van der Waals surface area contributed by atoms with E-state index >= 15 is 4.39 Å². The molecule has 34 heavy (non-hydrogen) atoms. The van der Waals surface area contributed by atoms with Gasteiger partial charge in [0.25, 0.3) is 0 Å². The van der Waals surface area contributed by atoms with E-state index in [2.05, 4.69) is 14.7 Å². The predicted octanol–water partition coefficient (Wildman–Crippen LogP) is 4.95. The van der Waals surface area contributed by atoms with Crippen molar-refractivity contribution in [1.29, 1.82) is 0 Å². The molecule has 4 aromatic rings. The average Bonchev–Trinajstić information content (AvgIpc) is 3.47. The van der Waals surface area contributed by atoms with Crippen LogP contribution in [0.15, 0.2) is 48.8 Å². The first-order valence-corrected chi connectivity index (χ1v) is 11.8. The van der Waals surface area contributed by atoms with Crippen molar-refractivity contribution in [2.75, 3.05) is 17.3 Å². The monoisotopic (exact) mass is 483 g/mol. The minimum Gasteiger partial charge on any atom is -0.593 e. The number of benzene rings is 2. The highest BCUT2D eigenvalue weighted by Gasteiger charge is 2.26. The summed E-state index contributed by atoms with van der Waals surface area (Å²) < 4.78 is 55.0. The van der Waals surface area contributed by atoms with Crippen LogP contribution in [-0.4, -0.2) is 32.8 Å². The van der Waals surface area contributed by atoms with E-state index in [1.54, 1.807) is 24.4 Å². The summed E-state index contributed by atoms with van der Waals surface area (Å²) in [7, 11) is 0. The molecule has 1 unspecified atom stereocenters. The Morgan fingerprint density at radius 1 is 1.18 bits per heavy atom. The summed E-state index contributed by atoms with van der Waals surface area (Å²) in [6.45, 7) is 1.97. The lowest BCUT2D eigenvalue weighted by molar-refractivity contribution is 0.103. The van der Waals surface area contributed by atoms with Gasteiger partial charge in [-0.2, -0.15) is 0 Å². The number of aromatic amines is 1. The summed E-state index contributed by atoms with van der Waals surface area (Å²) >= 11 is -1.55. The first-order chi connectivity index (χ1) is 16.5. The largest absolute Gasteiger partial charge is 0.593 e. The number of anilines is 1. The average molecular weight is 483 g/mol. The van der Waals surface area contributed by atoms with E-state index in [-0.39, 0.29) is 23.8 Å². The molecule has 5 rings (SSSR count). The standard InChI is InChI=1S/C24H19F2N3O4S/c1-2-7-34(31)29-18-5-4-17(25)21(22(18)26)23(30)16-11-28-24-15(16)8-14(10-27-24)13-3-6-19-20(9-13)33-12-32-19/h3-6,8-11,29H,2,7,12H2,1H3,(H,27,28). The minimum absolute atomic E-state index is 0.0646. The molecular formula is C24H19F2N3O4S. The van der Waals surface area contributed by atoms with Crippen molar-refractivity contribution in [2.45, 2.75) is 13.3 Å². The summed E-state index contributed by atoms with van der Waals surface area (Å²) in [6.07, 6.45) is 3.61. The van der Waals surface area contributed by atoms with Crippen LogP contribution in [0.3, 0.4) is 0 Å². The Labute approximate surface area is 196 Å². The van der Waals surface area contributed by atoms with E-state index in [4.69, 9.17) is 9.47 Å². The summed E-state index contributed by atoms with van der Waals surface area (Å²) in [6, 6.07) is 9.23. The number of ketones is 1. The van der Waals surface area contributed by atoms with Crippen LogP contribution in [0.1, 0.15) is 29.3 Å². The Morgan fingerprint density at radius 2 is 2.00 bits per heavy atom. The van der Waals surface area contributed by atoms with Gasteiger partial charge in [-0.3, -0.25) is 4.79 Å². The number of ether oxygens (including phenoxy) is 2. The van der Waals surface area contributed by atoms with Crippen LogP contribution < -0.4 is 14.2 Å². The molecule has 0 fully saturated rings. The molecule has 0 aliphatic carbocycles. The molecule has 0 radical (unpaired) electrons. The number of hydrogen-bond donors (Lipinski definition) is 2. The van der Waals surface area contributed by atoms with Crippen molar-refractivity contribution in [2.24, 2.45) is 0 Å². The van der Waals surface area contributed by atoms with Gasteiger partial charge in [0, 0.05) is 28.9 Å². The predicted molar refractivity (Wildman–Crippen MR) is 124 cm³/mol. The van der Waals surface area contributed by atoms with E-state index < -0.39 is 34.3 Å². The van der Waals surface area contributed by atoms with Gasteiger partial charge >= 0.3 is 0 Å². The smallest absolute Gasteiger partial charge is 0.231 e. The molecule has 3 heterocycles. The molecular weight excluding hydrogens is 464 g/mol. The van der Waals surface area contributed by atoms with Crippen molar-refractivity contribution in [3.05, 3.63) is 71.6 Å². The van der Waals surface area contributed by atoms with Gasteiger partial charge in [-0.05, 0) is 42.3 Å². The number of fused-ring (bicyclic) bond motifs is 2. The van der Waals surface area contributed by atoms with Gasteiger partial charge in [-0.1, -0.05) is 13.0 Å². The van der Waals surface area contributed by atoms with Gasteiger partial charge in [0.15, 0.2) is 17.3 Å². The first-order valence-electron chi connectivity index (χ1n) is 10.5. The SMILES string of the molecule is CCC[S+]([O-])Nc1ccc(F)c(C(=O)c2c[nH]c3ncc(-c4ccc5c(c4)OCO5)cc23)c1F. The van der Waals surface area contributed by atoms with Crippen LogP contribution in [0.4, 0.5) is 14.5 Å². The van der Waals surface area contributed by atoms with Gasteiger partial charge in [0.1, 0.15) is 22.9 Å². The fraction of sp³-hybridized carbons (Fsp3) is 0.167. The molecule has 2 aromatic heterocycles. The van der Waals surface area contributed by atoms with E-state index in [0.29, 0.717) is 34.5 Å². The zero-order chi connectivity index (χ0) is 23.8. The van der Waals surface area contributed by atoms with Crippen molar-refractivity contribution >= 4 is 33.9 Å². The molecule has 1 aliphatic heterocycles. The number of halogens is 2. The molecule has 0 spiro atoms. The number of pyridine rings is 1. The van der Waals surface area contributed by atoms with Crippen LogP contribution in [0, 0.1) is 11.6 Å². The summed E-state index contributed by atoms with van der Waals surface area (Å²) in [4.78, 5) is 20.5. The lowest BCUT2D eigenvalue weighted by Crippen LogP contribution is -2.18. The topological polar surface area (TPSA) is 99.3 Å². The third kappa shape index (κ3) is 3.95. The fourth-order valence-corrected chi connectivity index (χ4v) is 4.63. The van der Waals surface area contributed by atoms with Gasteiger partial charge in [0.05, 0.1) is 16.9 Å². The minimum atomic E-state index is -1.55. The molecule has 1 atom stereocenters. The maximum atomic E-state index is 15.1. The van der Waals surface area contributed by atoms with Crippen LogP contribution in [0.2, 0.25) is 0 Å². The molecule has 0 saturated heterocycles. The van der Waals surface area contributed by atoms with Crippen LogP contribution in [0.5, 0.6) is 11.5 Å². The van der Waals surface area contributed by atoms with Crippen molar-refractivity contribution in [3.63, 3.8) is 0 Å². The Bertz CT molecular complexity index is 1410. The fourth-order valence-electron chi connectivity index (χ4n) is 3.76. The number of aromatic nitrogens is 2. The summed E-state index contributed by atoms with van der Waals surface area (Å²) in [5.41, 5.74) is 0.996. The number of carbonyl (C=O) groups excluding carboxylic acids is 1. The van der Waals surface area contributed by atoms with Crippen molar-refractivity contribution < 1.29 is 27.6 Å². The highest BCUT2D eigenvalue weighted by atomic mass is 32.2. The van der Waals surface area contributed by atoms with Gasteiger partial charge < -0.3 is 19.0 Å². The van der Waals surface area contributed by atoms with Crippen LogP contribution >= 0.6 is 0 Å². The summed E-state index contributed by atoms with van der Waals surface area (Å²) in [5, 5.41) is 0.409. The number of nitrogens with one attached hydrogen (secondary N) is 2. The maximum absolute atomic E-state index is 15.1. The zero-order valence-electron chi connectivity index (χ0n) is 18.0. The molecule has 7 nitrogen and oxygen atoms in total. The quantitative estimate of drug-likeness (QED) is 0.285. The summed E-state index contributed by atoms with van der Waals surface area (Å²) in [5.74, 6) is -1.44. The molecule has 0 amide bonds. The van der Waals surface area contributed by atoms with Crippen molar-refractivity contribution in [1.82, 2.24) is 9.97 Å². The second kappa shape index (κ2) is 8.96. The lowest BCUT2D eigenvalue weighted by Gasteiger charge is -2.13. The molecule has 1 aliphatic rings. The van der Waals surface area contributed by atoms with E-state index in [9.17, 15) is 13.7 Å². The Balaban J connectivity index is 1.54. The molecule has 0 saturated carbocycles. The third-order valence-electron chi connectivity index (χ3n) is 5.41. The number of rotatable bonds is 7. The van der Waals surface area contributed by atoms with Crippen LogP contribution in [-0.2, 0) is 11.4 Å². The Kier molecular flexibility index (Phi) is 5.84. The normalized spacial score (nSPS) is 13.3. The first kappa shape index (κ1) is 22.2. The number of hydrogen-bond acceptors (Lipinski definition) is 6. The molecule has 2 aromatic carbocycles. The van der Waals surface area contributed by atoms with E-state index in [1.807, 2.05) is 13.0 Å². The zero-order valence-corrected chi connectivity index (χ0v) is 18.8. The molecule has 2 N–H and O–H groups in total. The Hall–Kier alpha value is -3.63. The second-order valence-electron chi connectivity index (χ2n) is 7.66. The maximum Gasteiger partial charge on any atom is 0.231 e. The van der Waals surface area contributed by atoms with Crippen LogP contribution in [0.25, 0.3) is 22.2 Å². The Morgan fingerprint density at radius 3 is 2.82 bits per heavy atom. The van der Waals surface area contributed by atoms with Gasteiger partial charge in [0.2, 0.25) is 12.6 Å². The van der Waals surface area contributed by atoms with Gasteiger partial charge in [-0.25, -0.2) is 18.5 Å². The number of nitrogens with zero attached hydrogens (tertiary/aromatic N) is 1. The highest BCUT2D eigenvalue weighted by Crippen LogP contribution is 2.37. The molecule has 10 heteroatoms. The van der Waals surface area contributed by atoms with E-state index in [0.717, 1.165) is 17.7 Å². The second-order valence-corrected chi connectivity index (χ2v) is 8.96. The third-order valence-corrected chi connectivity index (χ3v) is 6.64. The van der Waals surface area contributed by atoms with Gasteiger partial charge in [-0.15, -0.1) is 0 Å². The molecule has 174 valence electrons.